The third-order valence-corrected chi connectivity index (χ3v) is 2.88. The summed E-state index contributed by atoms with van der Waals surface area (Å²) in [5.74, 6) is 0.378. The van der Waals surface area contributed by atoms with Crippen molar-refractivity contribution in [3.05, 3.63) is 35.7 Å². The second-order valence-corrected chi connectivity index (χ2v) is 3.59. The standard InChI is InChI=1S/C9H7NO2S/c11-4-6-5-13-9-7(8(6)12)2-1-3-10-9/h1-4,11H,5H2/b6-4+. The first-order valence-electron chi connectivity index (χ1n) is 3.78. The van der Waals surface area contributed by atoms with Gasteiger partial charge >= 0.3 is 0 Å². The molecule has 0 aromatic carbocycles. The van der Waals surface area contributed by atoms with Gasteiger partial charge in [-0.25, -0.2) is 4.98 Å². The zero-order valence-corrected chi connectivity index (χ0v) is 7.54. The van der Waals surface area contributed by atoms with Crippen LogP contribution in [0.1, 0.15) is 10.4 Å². The fourth-order valence-electron chi connectivity index (χ4n) is 1.16. The van der Waals surface area contributed by atoms with E-state index < -0.39 is 0 Å². The molecule has 0 amide bonds. The quantitative estimate of drug-likeness (QED) is 0.504. The molecule has 66 valence electrons. The molecule has 0 atom stereocenters. The van der Waals surface area contributed by atoms with Gasteiger partial charge in [-0.15, -0.1) is 11.8 Å². The zero-order chi connectivity index (χ0) is 9.26. The predicted molar refractivity (Wildman–Crippen MR) is 50.0 cm³/mol. The second kappa shape index (κ2) is 3.22. The first-order chi connectivity index (χ1) is 6.33. The van der Waals surface area contributed by atoms with Gasteiger partial charge in [0.2, 0.25) is 0 Å². The van der Waals surface area contributed by atoms with Crippen LogP contribution in [0.15, 0.2) is 35.2 Å². The lowest BCUT2D eigenvalue weighted by atomic mass is 10.1. The molecular weight excluding hydrogens is 186 g/mol. The Labute approximate surface area is 79.5 Å². The van der Waals surface area contributed by atoms with Crippen LogP contribution < -0.4 is 0 Å². The van der Waals surface area contributed by atoms with E-state index in [0.29, 0.717) is 16.9 Å². The Morgan fingerprint density at radius 2 is 2.46 bits per heavy atom. The van der Waals surface area contributed by atoms with Crippen LogP contribution in [0, 0.1) is 0 Å². The molecule has 2 rings (SSSR count). The normalized spacial score (nSPS) is 18.8. The summed E-state index contributed by atoms with van der Waals surface area (Å²) in [6, 6.07) is 3.44. The summed E-state index contributed by atoms with van der Waals surface area (Å²) in [5.41, 5.74) is 1.02. The summed E-state index contributed by atoms with van der Waals surface area (Å²) in [6.45, 7) is 0. The number of hydrogen-bond acceptors (Lipinski definition) is 4. The molecule has 1 N–H and O–H groups in total. The minimum atomic E-state index is -0.121. The molecule has 3 nitrogen and oxygen atoms in total. The largest absolute Gasteiger partial charge is 0.515 e. The minimum Gasteiger partial charge on any atom is -0.515 e. The maximum Gasteiger partial charge on any atom is 0.195 e. The molecule has 4 heteroatoms. The molecule has 0 bridgehead atoms. The lowest BCUT2D eigenvalue weighted by Crippen LogP contribution is -2.13. The van der Waals surface area contributed by atoms with Crippen LogP contribution >= 0.6 is 11.8 Å². The number of aromatic nitrogens is 1. The summed E-state index contributed by atoms with van der Waals surface area (Å²) < 4.78 is 0. The van der Waals surface area contributed by atoms with Crippen molar-refractivity contribution in [1.82, 2.24) is 4.98 Å². The molecule has 0 saturated heterocycles. The number of carbonyl (C=O) groups is 1. The number of aliphatic hydroxyl groups excluding tert-OH is 1. The summed E-state index contributed by atoms with van der Waals surface area (Å²) in [6.07, 6.45) is 2.54. The molecule has 13 heavy (non-hydrogen) atoms. The van der Waals surface area contributed by atoms with Gasteiger partial charge in [-0.1, -0.05) is 0 Å². The van der Waals surface area contributed by atoms with Crippen LogP contribution in [-0.2, 0) is 0 Å². The second-order valence-electron chi connectivity index (χ2n) is 2.63. The fraction of sp³-hybridized carbons (Fsp3) is 0.111. The van der Waals surface area contributed by atoms with Gasteiger partial charge in [0.25, 0.3) is 0 Å². The van der Waals surface area contributed by atoms with Crippen molar-refractivity contribution in [2.75, 3.05) is 5.75 Å². The third kappa shape index (κ3) is 1.33. The smallest absolute Gasteiger partial charge is 0.195 e. The summed E-state index contributed by atoms with van der Waals surface area (Å²) in [4.78, 5) is 15.6. The van der Waals surface area contributed by atoms with Gasteiger partial charge in [0.15, 0.2) is 5.78 Å². The van der Waals surface area contributed by atoms with Gasteiger partial charge in [-0.05, 0) is 12.1 Å². The van der Waals surface area contributed by atoms with Crippen LogP contribution in [0.3, 0.4) is 0 Å². The Kier molecular flexibility index (Phi) is 2.06. The minimum absolute atomic E-state index is 0.121. The van der Waals surface area contributed by atoms with Crippen molar-refractivity contribution in [2.24, 2.45) is 0 Å². The Balaban J connectivity index is 2.51. The molecule has 0 unspecified atom stereocenters. The third-order valence-electron chi connectivity index (χ3n) is 1.83. The SMILES string of the molecule is O=C1/C(=C/O)CSc2ncccc21. The number of aliphatic hydroxyl groups is 1. The van der Waals surface area contributed by atoms with Crippen LogP contribution in [0.4, 0.5) is 0 Å². The number of thioether (sulfide) groups is 1. The number of carbonyl (C=O) groups excluding carboxylic acids is 1. The Hall–Kier alpha value is -1.29. The van der Waals surface area contributed by atoms with Crippen molar-refractivity contribution in [3.8, 4) is 0 Å². The molecule has 0 radical (unpaired) electrons. The molecule has 1 aromatic heterocycles. The van der Waals surface area contributed by atoms with E-state index in [2.05, 4.69) is 4.98 Å². The molecule has 0 saturated carbocycles. The van der Waals surface area contributed by atoms with E-state index in [1.165, 1.54) is 11.8 Å². The van der Waals surface area contributed by atoms with Crippen LogP contribution in [0.2, 0.25) is 0 Å². The molecule has 0 fully saturated rings. The highest BCUT2D eigenvalue weighted by Crippen LogP contribution is 2.29. The zero-order valence-electron chi connectivity index (χ0n) is 6.73. The monoisotopic (exact) mass is 193 g/mol. The van der Waals surface area contributed by atoms with Gasteiger partial charge in [-0.3, -0.25) is 4.79 Å². The van der Waals surface area contributed by atoms with E-state index in [1.807, 2.05) is 0 Å². The van der Waals surface area contributed by atoms with Crippen molar-refractivity contribution in [1.29, 1.82) is 0 Å². The highest BCUT2D eigenvalue weighted by atomic mass is 32.2. The molecule has 0 spiro atoms. The lowest BCUT2D eigenvalue weighted by Gasteiger charge is -2.13. The summed E-state index contributed by atoms with van der Waals surface area (Å²) in [5, 5.41) is 9.52. The first kappa shape index (κ1) is 8.31. The van der Waals surface area contributed by atoms with Crippen molar-refractivity contribution in [3.63, 3.8) is 0 Å². The van der Waals surface area contributed by atoms with Gasteiger partial charge < -0.3 is 5.11 Å². The maximum absolute atomic E-state index is 11.6. The highest BCUT2D eigenvalue weighted by molar-refractivity contribution is 7.99. The average molecular weight is 193 g/mol. The molecule has 2 heterocycles. The molecule has 1 aromatic rings. The van der Waals surface area contributed by atoms with E-state index in [0.717, 1.165) is 11.3 Å². The predicted octanol–water partition coefficient (Wildman–Crippen LogP) is 1.81. The van der Waals surface area contributed by atoms with Crippen LogP contribution in [0.25, 0.3) is 0 Å². The highest BCUT2D eigenvalue weighted by Gasteiger charge is 2.22. The lowest BCUT2D eigenvalue weighted by molar-refractivity contribution is 0.102. The Bertz CT molecular complexity index is 387. The number of hydrogen-bond donors (Lipinski definition) is 1. The molecular formula is C9H7NO2S. The summed E-state index contributed by atoms with van der Waals surface area (Å²) >= 11 is 1.46. The van der Waals surface area contributed by atoms with Gasteiger partial charge in [0, 0.05) is 17.5 Å². The van der Waals surface area contributed by atoms with Crippen molar-refractivity contribution in [2.45, 2.75) is 5.03 Å². The average Bonchev–Trinajstić information content (AvgIpc) is 2.19. The fourth-order valence-corrected chi connectivity index (χ4v) is 2.11. The first-order valence-corrected chi connectivity index (χ1v) is 4.77. The van der Waals surface area contributed by atoms with Gasteiger partial charge in [0.1, 0.15) is 5.03 Å². The Morgan fingerprint density at radius 1 is 1.62 bits per heavy atom. The van der Waals surface area contributed by atoms with Crippen LogP contribution in [0.5, 0.6) is 0 Å². The number of rotatable bonds is 0. The van der Waals surface area contributed by atoms with E-state index in [9.17, 15) is 4.79 Å². The summed E-state index contributed by atoms with van der Waals surface area (Å²) in [7, 11) is 0. The van der Waals surface area contributed by atoms with E-state index in [-0.39, 0.29) is 5.78 Å². The molecule has 1 aliphatic rings. The van der Waals surface area contributed by atoms with Crippen molar-refractivity contribution < 1.29 is 9.90 Å². The van der Waals surface area contributed by atoms with E-state index in [1.54, 1.807) is 18.3 Å². The topological polar surface area (TPSA) is 50.2 Å². The number of ketones is 1. The number of Topliss-reactive ketones (excluding diaryl/α,β-unsaturated/α-hetero) is 1. The molecule has 0 aliphatic carbocycles. The van der Waals surface area contributed by atoms with Crippen molar-refractivity contribution >= 4 is 17.5 Å². The van der Waals surface area contributed by atoms with Gasteiger partial charge in [0.05, 0.1) is 11.8 Å². The van der Waals surface area contributed by atoms with Gasteiger partial charge in [-0.2, -0.15) is 0 Å². The van der Waals surface area contributed by atoms with E-state index in [4.69, 9.17) is 5.11 Å². The number of fused-ring (bicyclic) bond motifs is 1. The van der Waals surface area contributed by atoms with Crippen LogP contribution in [-0.4, -0.2) is 21.6 Å². The maximum atomic E-state index is 11.6. The number of nitrogens with zero attached hydrogens (tertiary/aromatic N) is 1. The molecule has 1 aliphatic heterocycles. The number of pyridine rings is 1. The van der Waals surface area contributed by atoms with E-state index >= 15 is 0 Å². The Morgan fingerprint density at radius 3 is 3.23 bits per heavy atom.